The summed E-state index contributed by atoms with van der Waals surface area (Å²) < 4.78 is 28.7. The zero-order valence-corrected chi connectivity index (χ0v) is 23.6. The van der Waals surface area contributed by atoms with Crippen LogP contribution in [0.25, 0.3) is 0 Å². The Morgan fingerprint density at radius 3 is 2.16 bits per heavy atom. The molecule has 0 bridgehead atoms. The van der Waals surface area contributed by atoms with Crippen molar-refractivity contribution in [3.05, 3.63) is 95.1 Å². The first-order chi connectivity index (χ1) is 18.0. The van der Waals surface area contributed by atoms with Gasteiger partial charge in [0, 0.05) is 13.1 Å². The minimum atomic E-state index is -4.07. The Morgan fingerprint density at radius 2 is 1.55 bits per heavy atom. The van der Waals surface area contributed by atoms with E-state index in [4.69, 9.17) is 0 Å². The van der Waals surface area contributed by atoms with Crippen LogP contribution in [-0.2, 0) is 26.2 Å². The number of rotatable bonds is 11. The number of hydrogen-bond donors (Lipinski definition) is 1. The van der Waals surface area contributed by atoms with Crippen molar-refractivity contribution >= 4 is 27.5 Å². The van der Waals surface area contributed by atoms with Gasteiger partial charge < -0.3 is 10.2 Å². The van der Waals surface area contributed by atoms with Crippen LogP contribution < -0.4 is 9.62 Å². The van der Waals surface area contributed by atoms with Crippen molar-refractivity contribution in [2.24, 2.45) is 0 Å². The summed E-state index contributed by atoms with van der Waals surface area (Å²) in [6.45, 7) is 9.66. The van der Waals surface area contributed by atoms with E-state index in [1.807, 2.05) is 58.0 Å². The molecule has 38 heavy (non-hydrogen) atoms. The molecule has 0 radical (unpaired) electrons. The highest BCUT2D eigenvalue weighted by Gasteiger charge is 2.32. The Labute approximate surface area is 226 Å². The average Bonchev–Trinajstić information content (AvgIpc) is 2.91. The second kappa shape index (κ2) is 12.7. The van der Waals surface area contributed by atoms with Crippen molar-refractivity contribution in [2.75, 3.05) is 17.4 Å². The van der Waals surface area contributed by atoms with Crippen LogP contribution in [0, 0.1) is 20.8 Å². The third-order valence-electron chi connectivity index (χ3n) is 6.58. The van der Waals surface area contributed by atoms with E-state index in [2.05, 4.69) is 5.32 Å². The van der Waals surface area contributed by atoms with E-state index < -0.39 is 28.5 Å². The molecule has 0 spiro atoms. The highest BCUT2D eigenvalue weighted by molar-refractivity contribution is 7.92. The van der Waals surface area contributed by atoms with Gasteiger partial charge in [-0.25, -0.2) is 8.42 Å². The predicted octanol–water partition coefficient (Wildman–Crippen LogP) is 4.75. The first kappa shape index (κ1) is 28.9. The van der Waals surface area contributed by atoms with Gasteiger partial charge >= 0.3 is 0 Å². The lowest BCUT2D eigenvalue weighted by atomic mass is 10.1. The Balaban J connectivity index is 2.02. The monoisotopic (exact) mass is 535 g/mol. The highest BCUT2D eigenvalue weighted by atomic mass is 32.2. The zero-order valence-electron chi connectivity index (χ0n) is 22.8. The largest absolute Gasteiger partial charge is 0.354 e. The lowest BCUT2D eigenvalue weighted by molar-refractivity contribution is -0.139. The molecule has 0 fully saturated rings. The van der Waals surface area contributed by atoms with Crippen molar-refractivity contribution < 1.29 is 18.0 Å². The molecular formula is C30H37N3O4S. The van der Waals surface area contributed by atoms with E-state index in [9.17, 15) is 18.0 Å². The topological polar surface area (TPSA) is 86.8 Å². The number of aryl methyl sites for hydroxylation is 3. The van der Waals surface area contributed by atoms with E-state index in [0.717, 1.165) is 33.0 Å². The molecule has 0 heterocycles. The number of hydrogen-bond acceptors (Lipinski definition) is 4. The molecule has 0 aliphatic carbocycles. The van der Waals surface area contributed by atoms with E-state index in [1.54, 1.807) is 37.3 Å². The molecule has 3 aromatic rings. The van der Waals surface area contributed by atoms with Crippen molar-refractivity contribution in [1.29, 1.82) is 0 Å². The van der Waals surface area contributed by atoms with Gasteiger partial charge in [0.15, 0.2) is 0 Å². The molecular weight excluding hydrogens is 498 g/mol. The summed E-state index contributed by atoms with van der Waals surface area (Å²) in [4.78, 5) is 28.3. The van der Waals surface area contributed by atoms with Crippen LogP contribution >= 0.6 is 0 Å². The fraction of sp³-hybridized carbons (Fsp3) is 0.333. The van der Waals surface area contributed by atoms with Gasteiger partial charge in [-0.1, -0.05) is 61.0 Å². The van der Waals surface area contributed by atoms with Gasteiger partial charge in [0.25, 0.3) is 10.0 Å². The average molecular weight is 536 g/mol. The SMILES string of the molecule is CCCNC(=O)C(C)N(Cc1ccc(C)cc1)C(=O)CN(c1ccc(C)c(C)c1)S(=O)(=O)c1ccccc1. The maximum atomic E-state index is 13.9. The van der Waals surface area contributed by atoms with Crippen LogP contribution in [-0.4, -0.2) is 44.3 Å². The van der Waals surface area contributed by atoms with E-state index >= 15 is 0 Å². The molecule has 202 valence electrons. The molecule has 0 saturated heterocycles. The molecule has 1 N–H and O–H groups in total. The van der Waals surface area contributed by atoms with Crippen LogP contribution in [0.15, 0.2) is 77.7 Å². The maximum absolute atomic E-state index is 13.9. The number of carbonyl (C=O) groups is 2. The fourth-order valence-corrected chi connectivity index (χ4v) is 5.42. The van der Waals surface area contributed by atoms with Gasteiger partial charge in [-0.15, -0.1) is 0 Å². The smallest absolute Gasteiger partial charge is 0.264 e. The number of sulfonamides is 1. The van der Waals surface area contributed by atoms with Crippen molar-refractivity contribution in [1.82, 2.24) is 10.2 Å². The zero-order chi connectivity index (χ0) is 27.9. The second-order valence-corrected chi connectivity index (χ2v) is 11.4. The number of anilines is 1. The van der Waals surface area contributed by atoms with Gasteiger partial charge in [0.1, 0.15) is 12.6 Å². The summed E-state index contributed by atoms with van der Waals surface area (Å²) in [5.41, 5.74) is 4.24. The quantitative estimate of drug-likeness (QED) is 0.384. The Morgan fingerprint density at radius 1 is 0.895 bits per heavy atom. The number of nitrogens with one attached hydrogen (secondary N) is 1. The first-order valence-electron chi connectivity index (χ1n) is 12.8. The molecule has 3 aromatic carbocycles. The van der Waals surface area contributed by atoms with Gasteiger partial charge in [0.05, 0.1) is 10.6 Å². The third kappa shape index (κ3) is 7.01. The van der Waals surface area contributed by atoms with E-state index in [-0.39, 0.29) is 17.3 Å². The molecule has 0 aliphatic rings. The summed E-state index contributed by atoms with van der Waals surface area (Å²) in [6, 6.07) is 20.3. The van der Waals surface area contributed by atoms with E-state index in [0.29, 0.717) is 12.2 Å². The minimum absolute atomic E-state index is 0.0878. The molecule has 2 amide bonds. The van der Waals surface area contributed by atoms with Crippen LogP contribution in [0.2, 0.25) is 0 Å². The maximum Gasteiger partial charge on any atom is 0.264 e. The second-order valence-electron chi connectivity index (χ2n) is 9.57. The van der Waals surface area contributed by atoms with Crippen LogP contribution in [0.5, 0.6) is 0 Å². The molecule has 3 rings (SSSR count). The number of carbonyl (C=O) groups excluding carboxylic acids is 2. The summed E-state index contributed by atoms with van der Waals surface area (Å²) in [7, 11) is -4.07. The summed E-state index contributed by atoms with van der Waals surface area (Å²) >= 11 is 0. The van der Waals surface area contributed by atoms with Gasteiger partial charge in [-0.05, 0) is 75.1 Å². The first-order valence-corrected chi connectivity index (χ1v) is 14.3. The van der Waals surface area contributed by atoms with Crippen LogP contribution in [0.4, 0.5) is 5.69 Å². The molecule has 1 atom stereocenters. The Kier molecular flexibility index (Phi) is 9.69. The third-order valence-corrected chi connectivity index (χ3v) is 8.37. The van der Waals surface area contributed by atoms with Gasteiger partial charge in [0.2, 0.25) is 11.8 Å². The fourth-order valence-electron chi connectivity index (χ4n) is 4.00. The van der Waals surface area contributed by atoms with Crippen molar-refractivity contribution in [3.63, 3.8) is 0 Å². The Hall–Kier alpha value is -3.65. The van der Waals surface area contributed by atoms with Crippen molar-refractivity contribution in [3.8, 4) is 0 Å². The summed E-state index contributed by atoms with van der Waals surface area (Å²) in [5.74, 6) is -0.751. The predicted molar refractivity (Wildman–Crippen MR) is 151 cm³/mol. The normalized spacial score (nSPS) is 12.0. The molecule has 0 aromatic heterocycles. The Bertz CT molecular complexity index is 1360. The minimum Gasteiger partial charge on any atom is -0.354 e. The van der Waals surface area contributed by atoms with E-state index in [1.165, 1.54) is 17.0 Å². The van der Waals surface area contributed by atoms with Crippen molar-refractivity contribution in [2.45, 2.75) is 58.5 Å². The number of amides is 2. The highest BCUT2D eigenvalue weighted by Crippen LogP contribution is 2.26. The summed E-state index contributed by atoms with van der Waals surface area (Å²) in [5, 5.41) is 2.85. The lowest BCUT2D eigenvalue weighted by Crippen LogP contribution is -2.51. The summed E-state index contributed by atoms with van der Waals surface area (Å²) in [6.07, 6.45) is 0.764. The van der Waals surface area contributed by atoms with Gasteiger partial charge in [-0.2, -0.15) is 0 Å². The molecule has 7 nitrogen and oxygen atoms in total. The number of benzene rings is 3. The molecule has 0 saturated carbocycles. The van der Waals surface area contributed by atoms with Gasteiger partial charge in [-0.3, -0.25) is 13.9 Å². The number of nitrogens with zero attached hydrogens (tertiary/aromatic N) is 2. The standard InChI is InChI=1S/C30H37N3O4S/c1-6-18-31-30(35)25(5)32(20-26-15-12-22(2)13-16-26)29(34)21-33(27-17-14-23(3)24(4)19-27)38(36,37)28-10-8-7-9-11-28/h7-17,19,25H,6,18,20-21H2,1-5H3,(H,31,35). The van der Waals surface area contributed by atoms with Crippen LogP contribution in [0.1, 0.15) is 42.5 Å². The molecule has 8 heteroatoms. The molecule has 0 aliphatic heterocycles. The van der Waals surface area contributed by atoms with Crippen LogP contribution in [0.3, 0.4) is 0 Å². The lowest BCUT2D eigenvalue weighted by Gasteiger charge is -2.32. The molecule has 1 unspecified atom stereocenters.